The molecule has 2 heterocycles. The third-order valence-electron chi connectivity index (χ3n) is 8.59. The third-order valence-corrected chi connectivity index (χ3v) is 8.59. The van der Waals surface area contributed by atoms with Crippen LogP contribution in [0.1, 0.15) is 112 Å². The Kier molecular flexibility index (Phi) is 9.06. The lowest BCUT2D eigenvalue weighted by Gasteiger charge is -2.33. The Morgan fingerprint density at radius 1 is 0.921 bits per heavy atom. The Morgan fingerprint density at radius 3 is 2.50 bits per heavy atom. The van der Waals surface area contributed by atoms with Crippen LogP contribution in [0.2, 0.25) is 0 Å². The number of fused-ring (bicyclic) bond motifs is 2. The summed E-state index contributed by atoms with van der Waals surface area (Å²) in [6.45, 7) is 0. The van der Waals surface area contributed by atoms with E-state index in [9.17, 15) is 9.90 Å². The summed E-state index contributed by atoms with van der Waals surface area (Å²) < 4.78 is 0. The first kappa shape index (κ1) is 26.4. The van der Waals surface area contributed by atoms with E-state index in [0.717, 1.165) is 46.6 Å². The number of nitrogens with one attached hydrogen (secondary N) is 1. The highest BCUT2D eigenvalue weighted by atomic mass is 16.4. The van der Waals surface area contributed by atoms with Crippen LogP contribution in [-0.2, 0) is 17.6 Å². The van der Waals surface area contributed by atoms with E-state index >= 15 is 0 Å². The van der Waals surface area contributed by atoms with Crippen molar-refractivity contribution in [1.82, 2.24) is 15.4 Å². The maximum absolute atomic E-state index is 12.3. The number of benzene rings is 1. The zero-order valence-electron chi connectivity index (χ0n) is 22.4. The quantitative estimate of drug-likeness (QED) is 0.412. The molecule has 0 saturated heterocycles. The maximum atomic E-state index is 12.3. The fourth-order valence-electron chi connectivity index (χ4n) is 6.46. The van der Waals surface area contributed by atoms with E-state index in [0.29, 0.717) is 24.8 Å². The molecule has 1 fully saturated rings. The third kappa shape index (κ3) is 6.62. The summed E-state index contributed by atoms with van der Waals surface area (Å²) in [7, 11) is 0. The molecule has 3 atom stereocenters. The Hall–Kier alpha value is -3.20. The van der Waals surface area contributed by atoms with Gasteiger partial charge in [-0.15, -0.1) is 10.2 Å². The molecule has 1 saturated carbocycles. The first-order chi connectivity index (χ1) is 18.7. The van der Waals surface area contributed by atoms with E-state index in [2.05, 4.69) is 44.7 Å². The van der Waals surface area contributed by atoms with Gasteiger partial charge in [0.05, 0.1) is 11.6 Å². The van der Waals surface area contributed by atoms with Crippen molar-refractivity contribution in [2.45, 2.75) is 108 Å². The van der Waals surface area contributed by atoms with Crippen molar-refractivity contribution in [2.24, 2.45) is 5.92 Å². The number of carbonyl (C=O) groups is 1. The van der Waals surface area contributed by atoms with Gasteiger partial charge in [0.2, 0.25) is 0 Å². The van der Waals surface area contributed by atoms with Gasteiger partial charge in [0.25, 0.3) is 0 Å². The highest BCUT2D eigenvalue weighted by molar-refractivity contribution is 5.77. The molecule has 200 valence electrons. The van der Waals surface area contributed by atoms with Gasteiger partial charge in [-0.2, -0.15) is 0 Å². The molecule has 1 aromatic heterocycles. The van der Waals surface area contributed by atoms with Crippen molar-refractivity contribution >= 4 is 17.9 Å². The summed E-state index contributed by atoms with van der Waals surface area (Å²) in [4.78, 5) is 12.3. The largest absolute Gasteiger partial charge is 0.481 e. The first-order valence-electron chi connectivity index (χ1n) is 14.7. The van der Waals surface area contributed by atoms with Crippen LogP contribution in [0.15, 0.2) is 29.8 Å². The Labute approximate surface area is 226 Å². The predicted molar refractivity (Wildman–Crippen MR) is 151 cm³/mol. The van der Waals surface area contributed by atoms with Crippen molar-refractivity contribution < 1.29 is 9.90 Å². The average Bonchev–Trinajstić information content (AvgIpc) is 3.35. The van der Waals surface area contributed by atoms with Crippen molar-refractivity contribution in [2.75, 3.05) is 5.32 Å². The molecular weight excluding hydrogens is 472 g/mol. The fourth-order valence-corrected chi connectivity index (χ4v) is 6.46. The standard InChI is InChI=1S/C32H40N4O2/c37-32(38)27-19-12-13-23-21-28-30(22-23)34-36-35-31(28)33-29-20-11-9-17-25(29)16-7-5-3-1-2-4-6-14-24-15-8-10-18-26(24)27/h8,10,15,18,21,25,27,29H,1-7,9,11,14,16-17,19-20,22H2,(H,37,38)(H,33,34,35). The highest BCUT2D eigenvalue weighted by Crippen LogP contribution is 2.34. The van der Waals surface area contributed by atoms with Gasteiger partial charge in [0.15, 0.2) is 5.82 Å². The average molecular weight is 513 g/mol. The van der Waals surface area contributed by atoms with Crippen LogP contribution in [0.3, 0.4) is 0 Å². The van der Waals surface area contributed by atoms with E-state index in [1.54, 1.807) is 0 Å². The molecule has 6 heteroatoms. The fraction of sp³-hybridized carbons (Fsp3) is 0.562. The second-order valence-corrected chi connectivity index (χ2v) is 11.2. The van der Waals surface area contributed by atoms with Crippen LogP contribution in [0.4, 0.5) is 5.82 Å². The molecule has 3 unspecified atom stereocenters. The molecule has 2 N–H and O–H groups in total. The predicted octanol–water partition coefficient (Wildman–Crippen LogP) is 6.72. The molecule has 0 amide bonds. The number of rotatable bonds is 1. The van der Waals surface area contributed by atoms with E-state index < -0.39 is 11.9 Å². The lowest BCUT2D eigenvalue weighted by Crippen LogP contribution is -2.33. The number of aliphatic carboxylic acids is 1. The van der Waals surface area contributed by atoms with Crippen molar-refractivity contribution in [3.05, 3.63) is 52.2 Å². The number of nitrogens with zero attached hydrogens (tertiary/aromatic N) is 3. The summed E-state index contributed by atoms with van der Waals surface area (Å²) in [5.74, 6) is 6.52. The molecule has 2 aromatic rings. The molecule has 0 spiro atoms. The molecule has 38 heavy (non-hydrogen) atoms. The first-order valence-corrected chi connectivity index (χ1v) is 14.7. The smallest absolute Gasteiger partial charge is 0.311 e. The number of allylic oxidation sites excluding steroid dienone is 1. The maximum Gasteiger partial charge on any atom is 0.311 e. The van der Waals surface area contributed by atoms with Crippen molar-refractivity contribution in [3.63, 3.8) is 0 Å². The number of aromatic nitrogens is 3. The van der Waals surface area contributed by atoms with E-state index in [-0.39, 0.29) is 0 Å². The van der Waals surface area contributed by atoms with Crippen LogP contribution in [0.5, 0.6) is 0 Å². The van der Waals surface area contributed by atoms with Crippen LogP contribution in [0, 0.1) is 17.8 Å². The van der Waals surface area contributed by atoms with Gasteiger partial charge >= 0.3 is 5.97 Å². The Morgan fingerprint density at radius 2 is 1.66 bits per heavy atom. The van der Waals surface area contributed by atoms with Gasteiger partial charge < -0.3 is 10.4 Å². The van der Waals surface area contributed by atoms with Crippen LogP contribution in [-0.4, -0.2) is 32.5 Å². The summed E-state index contributed by atoms with van der Waals surface area (Å²) in [5.41, 5.74) is 4.90. The number of hydrogen-bond acceptors (Lipinski definition) is 5. The number of carboxylic acid groups (broad SMARTS) is 1. The van der Waals surface area contributed by atoms with Gasteiger partial charge in [0.1, 0.15) is 0 Å². The molecule has 3 aliphatic rings. The summed E-state index contributed by atoms with van der Waals surface area (Å²) >= 11 is 0. The van der Waals surface area contributed by atoms with Crippen molar-refractivity contribution in [1.29, 1.82) is 0 Å². The van der Waals surface area contributed by atoms with Crippen LogP contribution < -0.4 is 5.32 Å². The minimum atomic E-state index is -0.812. The second-order valence-electron chi connectivity index (χ2n) is 11.2. The molecular formula is C32H40N4O2. The Bertz CT molecular complexity index is 1210. The topological polar surface area (TPSA) is 88.0 Å². The summed E-state index contributed by atoms with van der Waals surface area (Å²) in [6.07, 6.45) is 19.0. The van der Waals surface area contributed by atoms with E-state index in [1.807, 2.05) is 18.2 Å². The van der Waals surface area contributed by atoms with E-state index in [1.165, 1.54) is 70.6 Å². The zero-order chi connectivity index (χ0) is 26.2. The zero-order valence-corrected chi connectivity index (χ0v) is 22.4. The van der Waals surface area contributed by atoms with Gasteiger partial charge in [-0.1, -0.05) is 87.5 Å². The second kappa shape index (κ2) is 13.0. The van der Waals surface area contributed by atoms with Crippen LogP contribution in [0.25, 0.3) is 6.08 Å². The molecule has 1 aromatic carbocycles. The molecule has 2 bridgehead atoms. The molecule has 2 aliphatic carbocycles. The number of carboxylic acids is 1. The van der Waals surface area contributed by atoms with Gasteiger partial charge in [-0.3, -0.25) is 4.79 Å². The molecule has 1 aliphatic heterocycles. The van der Waals surface area contributed by atoms with Crippen LogP contribution >= 0.6 is 0 Å². The monoisotopic (exact) mass is 512 g/mol. The minimum absolute atomic E-state index is 0.290. The summed E-state index contributed by atoms with van der Waals surface area (Å²) in [6, 6.07) is 8.45. The Balaban J connectivity index is 1.39. The number of hydrogen-bond donors (Lipinski definition) is 2. The normalized spacial score (nSPS) is 24.6. The molecule has 6 nitrogen and oxygen atoms in total. The van der Waals surface area contributed by atoms with E-state index in [4.69, 9.17) is 0 Å². The molecule has 0 radical (unpaired) electrons. The summed E-state index contributed by atoms with van der Waals surface area (Å²) in [5, 5.41) is 26.5. The highest BCUT2D eigenvalue weighted by Gasteiger charge is 2.27. The van der Waals surface area contributed by atoms with Gasteiger partial charge in [0, 0.05) is 30.0 Å². The lowest BCUT2D eigenvalue weighted by atomic mass is 9.81. The van der Waals surface area contributed by atoms with Gasteiger partial charge in [-0.05, 0) is 60.4 Å². The van der Waals surface area contributed by atoms with Gasteiger partial charge in [-0.25, -0.2) is 0 Å². The van der Waals surface area contributed by atoms with Crippen molar-refractivity contribution in [3.8, 4) is 11.8 Å². The molecule has 5 rings (SSSR count). The SMILES string of the molecule is O=C(O)C1CC#CC2=Cc3c(nnnc3NC3CCCCC3CCCCCCCCCc3ccccc31)C2. The lowest BCUT2D eigenvalue weighted by molar-refractivity contribution is -0.138. The number of aryl methyl sites for hydroxylation is 1. The number of anilines is 1. The minimum Gasteiger partial charge on any atom is -0.481 e.